The number of amides is 1. The summed E-state index contributed by atoms with van der Waals surface area (Å²) >= 11 is 0. The first-order valence-corrected chi connectivity index (χ1v) is 11.2. The summed E-state index contributed by atoms with van der Waals surface area (Å²) < 4.78 is 67.3. The second-order valence-electron chi connectivity index (χ2n) is 7.40. The molecule has 0 radical (unpaired) electrons. The molecule has 0 aliphatic carbocycles. The molecule has 0 spiro atoms. The summed E-state index contributed by atoms with van der Waals surface area (Å²) in [5, 5.41) is 2.76. The maximum Gasteiger partial charge on any atom is 0.573 e. The molecule has 1 heterocycles. The summed E-state index contributed by atoms with van der Waals surface area (Å²) in [4.78, 5) is 12.7. The van der Waals surface area contributed by atoms with Gasteiger partial charge in [-0.25, -0.2) is 8.42 Å². The zero-order valence-corrected chi connectivity index (χ0v) is 17.7. The lowest BCUT2D eigenvalue weighted by Gasteiger charge is -2.30. The molecule has 1 aliphatic rings. The number of benzene rings is 2. The van der Waals surface area contributed by atoms with Gasteiger partial charge in [-0.15, -0.1) is 13.2 Å². The molecule has 0 unspecified atom stereocenters. The largest absolute Gasteiger partial charge is 0.573 e. The molecule has 1 amide bonds. The van der Waals surface area contributed by atoms with E-state index in [1.54, 1.807) is 24.3 Å². The van der Waals surface area contributed by atoms with Crippen LogP contribution in [0, 0.1) is 12.8 Å². The maximum atomic E-state index is 12.7. The van der Waals surface area contributed by atoms with Crippen LogP contribution in [0.25, 0.3) is 0 Å². The predicted molar refractivity (Wildman–Crippen MR) is 108 cm³/mol. The minimum atomic E-state index is -4.75. The lowest BCUT2D eigenvalue weighted by molar-refractivity contribution is -0.274. The van der Waals surface area contributed by atoms with E-state index in [1.807, 2.05) is 6.92 Å². The first-order chi connectivity index (χ1) is 14.5. The quantitative estimate of drug-likeness (QED) is 0.721. The minimum Gasteiger partial charge on any atom is -0.406 e. The van der Waals surface area contributed by atoms with Crippen molar-refractivity contribution in [2.75, 3.05) is 13.1 Å². The van der Waals surface area contributed by atoms with Crippen molar-refractivity contribution in [1.82, 2.24) is 9.62 Å². The molecule has 1 saturated heterocycles. The van der Waals surface area contributed by atoms with Crippen LogP contribution < -0.4 is 10.1 Å². The molecule has 3 rings (SSSR count). The van der Waals surface area contributed by atoms with E-state index in [1.165, 1.54) is 28.6 Å². The Labute approximate surface area is 179 Å². The topological polar surface area (TPSA) is 75.7 Å². The molecule has 2 aromatic carbocycles. The van der Waals surface area contributed by atoms with E-state index in [2.05, 4.69) is 10.1 Å². The van der Waals surface area contributed by atoms with Gasteiger partial charge in [-0.1, -0.05) is 29.8 Å². The molecule has 0 aromatic heterocycles. The van der Waals surface area contributed by atoms with E-state index >= 15 is 0 Å². The Kier molecular flexibility index (Phi) is 6.90. The van der Waals surface area contributed by atoms with Crippen molar-refractivity contribution >= 4 is 15.9 Å². The zero-order valence-electron chi connectivity index (χ0n) is 16.9. The molecule has 1 fully saturated rings. The third-order valence-electron chi connectivity index (χ3n) is 5.11. The van der Waals surface area contributed by atoms with Crippen LogP contribution in [-0.2, 0) is 21.4 Å². The fourth-order valence-electron chi connectivity index (χ4n) is 3.36. The van der Waals surface area contributed by atoms with Gasteiger partial charge in [0, 0.05) is 25.6 Å². The molecule has 168 valence electrons. The summed E-state index contributed by atoms with van der Waals surface area (Å²) in [5.74, 6) is -0.856. The van der Waals surface area contributed by atoms with Crippen molar-refractivity contribution in [1.29, 1.82) is 0 Å². The molecule has 2 aromatic rings. The monoisotopic (exact) mass is 456 g/mol. The van der Waals surface area contributed by atoms with Crippen molar-refractivity contribution < 1.29 is 31.1 Å². The van der Waals surface area contributed by atoms with E-state index in [0.29, 0.717) is 18.4 Å². The van der Waals surface area contributed by atoms with Crippen LogP contribution in [0.3, 0.4) is 0 Å². The van der Waals surface area contributed by atoms with Crippen molar-refractivity contribution in [3.63, 3.8) is 0 Å². The summed E-state index contributed by atoms with van der Waals surface area (Å²) in [6.07, 6.45) is -3.96. The summed E-state index contributed by atoms with van der Waals surface area (Å²) in [6, 6.07) is 11.9. The number of nitrogens with one attached hydrogen (secondary N) is 1. The molecule has 0 saturated carbocycles. The average molecular weight is 456 g/mol. The number of carbonyl (C=O) groups is 1. The third-order valence-corrected chi connectivity index (χ3v) is 7.02. The van der Waals surface area contributed by atoms with Crippen LogP contribution >= 0.6 is 0 Å². The fourth-order valence-corrected chi connectivity index (χ4v) is 4.83. The normalized spacial score (nSPS) is 16.1. The van der Waals surface area contributed by atoms with Crippen LogP contribution in [0.15, 0.2) is 53.4 Å². The molecular weight excluding hydrogens is 433 g/mol. The van der Waals surface area contributed by atoms with Gasteiger partial charge in [0.2, 0.25) is 15.9 Å². The van der Waals surface area contributed by atoms with E-state index < -0.39 is 16.4 Å². The maximum absolute atomic E-state index is 12.7. The lowest BCUT2D eigenvalue weighted by atomic mass is 9.97. The number of hydrogen-bond donors (Lipinski definition) is 1. The lowest BCUT2D eigenvalue weighted by Crippen LogP contribution is -2.42. The zero-order chi connectivity index (χ0) is 22.6. The van der Waals surface area contributed by atoms with Crippen LogP contribution in [0.1, 0.15) is 24.0 Å². The number of alkyl halides is 3. The Balaban J connectivity index is 1.49. The van der Waals surface area contributed by atoms with Crippen LogP contribution in [0.4, 0.5) is 13.2 Å². The van der Waals surface area contributed by atoms with Crippen molar-refractivity contribution in [2.24, 2.45) is 5.92 Å². The van der Waals surface area contributed by atoms with Gasteiger partial charge in [0.1, 0.15) is 5.75 Å². The van der Waals surface area contributed by atoms with E-state index in [4.69, 9.17) is 0 Å². The van der Waals surface area contributed by atoms with Gasteiger partial charge in [0.25, 0.3) is 0 Å². The first kappa shape index (κ1) is 23.1. The predicted octanol–water partition coefficient (Wildman–Crippen LogP) is 3.61. The number of sulfonamides is 1. The summed E-state index contributed by atoms with van der Waals surface area (Å²) in [7, 11) is -3.59. The van der Waals surface area contributed by atoms with Crippen molar-refractivity contribution in [3.8, 4) is 5.75 Å². The fraction of sp³-hybridized carbons (Fsp3) is 0.381. The highest BCUT2D eigenvalue weighted by atomic mass is 32.2. The van der Waals surface area contributed by atoms with E-state index in [9.17, 15) is 26.4 Å². The molecule has 31 heavy (non-hydrogen) atoms. The van der Waals surface area contributed by atoms with Gasteiger partial charge in [0.15, 0.2) is 0 Å². The van der Waals surface area contributed by atoms with Gasteiger partial charge in [0.05, 0.1) is 4.90 Å². The molecule has 1 N–H and O–H groups in total. The Morgan fingerprint density at radius 2 is 1.65 bits per heavy atom. The number of nitrogens with zero attached hydrogens (tertiary/aromatic N) is 1. The Morgan fingerprint density at radius 3 is 2.19 bits per heavy atom. The number of halogens is 3. The van der Waals surface area contributed by atoms with Crippen LogP contribution in [0.2, 0.25) is 0 Å². The smallest absolute Gasteiger partial charge is 0.406 e. The SMILES string of the molecule is Cc1ccc(S(=O)(=O)N2CCC(C(=O)NCc3ccc(OC(F)(F)F)cc3)CC2)cc1. The van der Waals surface area contributed by atoms with Gasteiger partial charge in [-0.05, 0) is 49.6 Å². The molecule has 6 nitrogen and oxygen atoms in total. The van der Waals surface area contributed by atoms with E-state index in [-0.39, 0.29) is 42.1 Å². The van der Waals surface area contributed by atoms with E-state index in [0.717, 1.165) is 5.56 Å². The Bertz CT molecular complexity index is 998. The Hall–Kier alpha value is -2.59. The van der Waals surface area contributed by atoms with Crippen LogP contribution in [-0.4, -0.2) is 38.1 Å². The minimum absolute atomic E-state index is 0.160. The average Bonchev–Trinajstić information content (AvgIpc) is 2.72. The van der Waals surface area contributed by atoms with Crippen LogP contribution in [0.5, 0.6) is 5.75 Å². The molecule has 0 bridgehead atoms. The summed E-state index contributed by atoms with van der Waals surface area (Å²) in [5.41, 5.74) is 1.60. The molecule has 10 heteroatoms. The second-order valence-corrected chi connectivity index (χ2v) is 9.34. The molecule has 1 aliphatic heterocycles. The Morgan fingerprint density at radius 1 is 1.06 bits per heavy atom. The molecule has 0 atom stereocenters. The number of carbonyl (C=O) groups excluding carboxylic acids is 1. The number of ether oxygens (including phenoxy) is 1. The number of hydrogen-bond acceptors (Lipinski definition) is 4. The highest BCUT2D eigenvalue weighted by molar-refractivity contribution is 7.89. The standard InChI is InChI=1S/C21H23F3N2O4S/c1-15-2-8-19(9-3-15)31(28,29)26-12-10-17(11-13-26)20(27)25-14-16-4-6-18(7-5-16)30-21(22,23)24/h2-9,17H,10-14H2,1H3,(H,25,27). The van der Waals surface area contributed by atoms with Gasteiger partial charge >= 0.3 is 6.36 Å². The van der Waals surface area contributed by atoms with Gasteiger partial charge in [-0.2, -0.15) is 4.31 Å². The second kappa shape index (κ2) is 9.27. The first-order valence-electron chi connectivity index (χ1n) is 9.74. The highest BCUT2D eigenvalue weighted by Gasteiger charge is 2.32. The number of piperidine rings is 1. The highest BCUT2D eigenvalue weighted by Crippen LogP contribution is 2.25. The third kappa shape index (κ3) is 6.20. The number of rotatable bonds is 6. The van der Waals surface area contributed by atoms with Gasteiger partial charge < -0.3 is 10.1 Å². The number of aryl methyl sites for hydroxylation is 1. The van der Waals surface area contributed by atoms with Crippen molar-refractivity contribution in [2.45, 2.75) is 37.6 Å². The molecular formula is C21H23F3N2O4S. The van der Waals surface area contributed by atoms with Gasteiger partial charge in [-0.3, -0.25) is 4.79 Å². The summed E-state index contributed by atoms with van der Waals surface area (Å²) in [6.45, 7) is 2.54. The van der Waals surface area contributed by atoms with Crippen molar-refractivity contribution in [3.05, 3.63) is 59.7 Å².